The summed E-state index contributed by atoms with van der Waals surface area (Å²) >= 11 is 0. The van der Waals surface area contributed by atoms with Gasteiger partial charge in [0.1, 0.15) is 6.04 Å². The summed E-state index contributed by atoms with van der Waals surface area (Å²) in [7, 11) is 0. The summed E-state index contributed by atoms with van der Waals surface area (Å²) in [6, 6.07) is 7.38. The Morgan fingerprint density at radius 2 is 1.79 bits per heavy atom. The van der Waals surface area contributed by atoms with E-state index in [0.29, 0.717) is 11.3 Å². The number of aromatic nitrogens is 2. The second-order valence-corrected chi connectivity index (χ2v) is 8.71. The minimum absolute atomic E-state index is 0.0808. The Morgan fingerprint density at radius 3 is 2.39 bits per heavy atom. The van der Waals surface area contributed by atoms with E-state index < -0.39 is 11.6 Å². The third-order valence-corrected chi connectivity index (χ3v) is 6.62. The van der Waals surface area contributed by atoms with Gasteiger partial charge < -0.3 is 19.7 Å². The molecule has 2 heterocycles. The van der Waals surface area contributed by atoms with E-state index in [-0.39, 0.29) is 11.9 Å². The first-order valence-corrected chi connectivity index (χ1v) is 10.2. The van der Waals surface area contributed by atoms with Crippen LogP contribution in [-0.2, 0) is 10.4 Å². The minimum atomic E-state index is -0.649. The Labute approximate surface area is 164 Å². The van der Waals surface area contributed by atoms with Gasteiger partial charge in [0.15, 0.2) is 0 Å². The molecule has 1 spiro atoms. The quantitative estimate of drug-likeness (QED) is 0.826. The summed E-state index contributed by atoms with van der Waals surface area (Å²) in [5, 5.41) is 21.3. The molecule has 5 rings (SSSR count). The van der Waals surface area contributed by atoms with Crippen LogP contribution in [0.5, 0.6) is 0 Å². The molecule has 1 amide bonds. The zero-order chi connectivity index (χ0) is 19.4. The molecule has 2 aromatic rings. The number of hydrogen-bond acceptors (Lipinski definition) is 6. The first-order chi connectivity index (χ1) is 13.5. The fraction of sp³-hybridized carbons (Fsp3) is 0.571. The molecule has 0 radical (unpaired) electrons. The van der Waals surface area contributed by atoms with Crippen molar-refractivity contribution in [3.63, 3.8) is 0 Å². The van der Waals surface area contributed by atoms with E-state index in [1.54, 1.807) is 0 Å². The Hall–Kier alpha value is -2.41. The topological polar surface area (TPSA) is 91.5 Å². The molecule has 1 saturated heterocycles. The highest BCUT2D eigenvalue weighted by molar-refractivity contribution is 5.83. The average molecular weight is 382 g/mol. The number of carbonyl (C=O) groups excluding carboxylic acids is 1. The number of anilines is 1. The predicted octanol–water partition coefficient (Wildman–Crippen LogP) is 2.92. The van der Waals surface area contributed by atoms with Crippen molar-refractivity contribution in [1.82, 2.24) is 15.1 Å². The molecule has 3 aliphatic rings. The van der Waals surface area contributed by atoms with Gasteiger partial charge in [-0.05, 0) is 68.6 Å². The number of hydrogen-bond donors (Lipinski definition) is 2. The number of piperidine rings is 1. The van der Waals surface area contributed by atoms with Crippen molar-refractivity contribution < 1.29 is 14.3 Å². The fourth-order valence-corrected chi connectivity index (χ4v) is 4.13. The van der Waals surface area contributed by atoms with E-state index in [4.69, 9.17) is 4.42 Å². The van der Waals surface area contributed by atoms with Crippen molar-refractivity contribution in [2.24, 2.45) is 5.41 Å². The second kappa shape index (κ2) is 6.30. The third kappa shape index (κ3) is 3.28. The van der Waals surface area contributed by atoms with E-state index in [1.807, 2.05) is 36.1 Å². The molecule has 28 heavy (non-hydrogen) atoms. The van der Waals surface area contributed by atoms with Gasteiger partial charge in [0.05, 0.1) is 5.60 Å². The summed E-state index contributed by atoms with van der Waals surface area (Å²) in [5.41, 5.74) is 1.62. The van der Waals surface area contributed by atoms with E-state index in [2.05, 4.69) is 15.5 Å². The lowest BCUT2D eigenvalue weighted by atomic mass is 9.93. The highest BCUT2D eigenvalue weighted by atomic mass is 16.4. The van der Waals surface area contributed by atoms with E-state index >= 15 is 0 Å². The normalized spacial score (nSPS) is 22.7. The molecular formula is C21H26N4O3. The Bertz CT molecular complexity index is 873. The lowest BCUT2D eigenvalue weighted by Gasteiger charge is -2.33. The molecule has 2 N–H and O–H groups in total. The highest BCUT2D eigenvalue weighted by Crippen LogP contribution is 2.53. The van der Waals surface area contributed by atoms with Crippen molar-refractivity contribution in [2.75, 3.05) is 18.4 Å². The maximum absolute atomic E-state index is 12.7. The molecule has 1 atom stereocenters. The SMILES string of the molecule is C[C@@H](Nc1nnc(-c2ccc(C3(O)CC3)cc2)o1)C(=O)N1CCC2(CC1)CC2. The third-order valence-electron chi connectivity index (χ3n) is 6.62. The first kappa shape index (κ1) is 17.7. The van der Waals surface area contributed by atoms with Crippen molar-refractivity contribution in [1.29, 1.82) is 0 Å². The van der Waals surface area contributed by atoms with Gasteiger partial charge in [-0.1, -0.05) is 17.2 Å². The molecular weight excluding hydrogens is 356 g/mol. The summed E-state index contributed by atoms with van der Waals surface area (Å²) in [6.45, 7) is 3.52. The number of nitrogens with one attached hydrogen (secondary N) is 1. The van der Waals surface area contributed by atoms with Gasteiger partial charge in [0.25, 0.3) is 0 Å². The smallest absolute Gasteiger partial charge is 0.316 e. The zero-order valence-corrected chi connectivity index (χ0v) is 16.1. The molecule has 7 nitrogen and oxygen atoms in total. The van der Waals surface area contributed by atoms with Crippen LogP contribution in [-0.4, -0.2) is 45.2 Å². The van der Waals surface area contributed by atoms with Gasteiger partial charge in [-0.3, -0.25) is 4.79 Å². The maximum Gasteiger partial charge on any atom is 0.316 e. The van der Waals surface area contributed by atoms with Gasteiger partial charge in [0, 0.05) is 18.7 Å². The Kier molecular flexibility index (Phi) is 3.98. The number of likely N-dealkylation sites (tertiary alicyclic amines) is 1. The number of amides is 1. The standard InChI is InChI=1S/C21H26N4O3/c1-14(18(26)25-12-10-20(6-7-20)11-13-25)22-19-24-23-17(28-19)15-2-4-16(5-3-15)21(27)8-9-21/h2-5,14,27H,6-13H2,1H3,(H,22,24)/t14-/m1/s1. The van der Waals surface area contributed by atoms with Crippen molar-refractivity contribution >= 4 is 11.9 Å². The second-order valence-electron chi connectivity index (χ2n) is 8.71. The Morgan fingerprint density at radius 1 is 1.11 bits per heavy atom. The number of aliphatic hydroxyl groups is 1. The van der Waals surface area contributed by atoms with E-state index in [9.17, 15) is 9.90 Å². The lowest BCUT2D eigenvalue weighted by Crippen LogP contribution is -2.45. The van der Waals surface area contributed by atoms with Crippen LogP contribution >= 0.6 is 0 Å². The highest BCUT2D eigenvalue weighted by Gasteiger charge is 2.45. The molecule has 0 bridgehead atoms. The number of carbonyl (C=O) groups is 1. The largest absolute Gasteiger partial charge is 0.403 e. The molecule has 1 aliphatic heterocycles. The van der Waals surface area contributed by atoms with Gasteiger partial charge in [-0.2, -0.15) is 0 Å². The summed E-state index contributed by atoms with van der Waals surface area (Å²) in [4.78, 5) is 14.6. The van der Waals surface area contributed by atoms with Crippen LogP contribution in [0.3, 0.4) is 0 Å². The van der Waals surface area contributed by atoms with E-state index in [1.165, 1.54) is 12.8 Å². The van der Waals surface area contributed by atoms with Crippen molar-refractivity contribution in [3.05, 3.63) is 29.8 Å². The van der Waals surface area contributed by atoms with Gasteiger partial charge in [-0.25, -0.2) is 0 Å². The average Bonchev–Trinajstić information content (AvgIpc) is 3.60. The predicted molar refractivity (Wildman–Crippen MR) is 103 cm³/mol. The molecule has 1 aromatic carbocycles. The maximum atomic E-state index is 12.7. The fourth-order valence-electron chi connectivity index (χ4n) is 4.13. The molecule has 7 heteroatoms. The van der Waals surface area contributed by atoms with Crippen molar-refractivity contribution in [2.45, 2.75) is 57.1 Å². The molecule has 0 unspecified atom stereocenters. The molecule has 3 fully saturated rings. The van der Waals surface area contributed by atoms with Gasteiger partial charge >= 0.3 is 6.01 Å². The van der Waals surface area contributed by atoms with Gasteiger partial charge in [-0.15, -0.1) is 5.10 Å². The summed E-state index contributed by atoms with van der Waals surface area (Å²) in [6.07, 6.45) is 6.53. The van der Waals surface area contributed by atoms with Crippen LogP contribution in [0.15, 0.2) is 28.7 Å². The van der Waals surface area contributed by atoms with E-state index in [0.717, 1.165) is 49.9 Å². The molecule has 148 valence electrons. The number of nitrogens with zero attached hydrogens (tertiary/aromatic N) is 3. The Balaban J connectivity index is 1.20. The van der Waals surface area contributed by atoms with Crippen LogP contribution in [0.1, 0.15) is 51.0 Å². The summed E-state index contributed by atoms with van der Waals surface area (Å²) < 4.78 is 5.70. The minimum Gasteiger partial charge on any atom is -0.403 e. The molecule has 2 aliphatic carbocycles. The lowest BCUT2D eigenvalue weighted by molar-refractivity contribution is -0.133. The van der Waals surface area contributed by atoms with Crippen LogP contribution in [0.2, 0.25) is 0 Å². The van der Waals surface area contributed by atoms with Crippen LogP contribution < -0.4 is 5.32 Å². The van der Waals surface area contributed by atoms with Crippen LogP contribution in [0, 0.1) is 5.41 Å². The van der Waals surface area contributed by atoms with Crippen molar-refractivity contribution in [3.8, 4) is 11.5 Å². The van der Waals surface area contributed by atoms with Gasteiger partial charge in [0.2, 0.25) is 11.8 Å². The molecule has 1 aromatic heterocycles. The first-order valence-electron chi connectivity index (χ1n) is 10.2. The molecule has 2 saturated carbocycles. The number of rotatable bonds is 5. The zero-order valence-electron chi connectivity index (χ0n) is 16.1. The monoisotopic (exact) mass is 382 g/mol. The summed E-state index contributed by atoms with van der Waals surface area (Å²) in [5.74, 6) is 0.474. The number of benzene rings is 1. The van der Waals surface area contributed by atoms with Crippen LogP contribution in [0.4, 0.5) is 6.01 Å². The van der Waals surface area contributed by atoms with Crippen LogP contribution in [0.25, 0.3) is 11.5 Å².